The van der Waals surface area contributed by atoms with E-state index in [1.165, 1.54) is 0 Å². The molecule has 0 saturated heterocycles. The van der Waals surface area contributed by atoms with Crippen LogP contribution in [-0.4, -0.2) is 11.1 Å². The molecule has 0 heterocycles. The quantitative estimate of drug-likeness (QED) is 0.883. The Morgan fingerprint density at radius 3 is 2.79 bits per heavy atom. The molecule has 3 nitrogen and oxygen atoms in total. The van der Waals surface area contributed by atoms with Gasteiger partial charge in [0.2, 0.25) is 0 Å². The Labute approximate surface area is 87.9 Å². The molecule has 0 spiro atoms. The van der Waals surface area contributed by atoms with Crippen LogP contribution in [0.15, 0.2) is 16.6 Å². The standard InChI is InChI=1S/C9H5BrFNO2/c10-8-2-6(11)1-5(4-12)7(8)3-9(13)14/h1-2H,3H2,(H,13,14). The molecule has 1 N–H and O–H groups in total. The van der Waals surface area contributed by atoms with Crippen molar-refractivity contribution in [2.45, 2.75) is 6.42 Å². The number of hydrogen-bond acceptors (Lipinski definition) is 2. The Morgan fingerprint density at radius 2 is 2.29 bits per heavy atom. The topological polar surface area (TPSA) is 61.1 Å². The zero-order valence-electron chi connectivity index (χ0n) is 6.92. The highest BCUT2D eigenvalue weighted by atomic mass is 79.9. The van der Waals surface area contributed by atoms with Gasteiger partial charge in [-0.1, -0.05) is 15.9 Å². The highest BCUT2D eigenvalue weighted by molar-refractivity contribution is 9.10. The second-order valence-electron chi connectivity index (χ2n) is 2.60. The molecule has 0 radical (unpaired) electrons. The van der Waals surface area contributed by atoms with Crippen molar-refractivity contribution in [1.29, 1.82) is 5.26 Å². The summed E-state index contributed by atoms with van der Waals surface area (Å²) in [5, 5.41) is 17.2. The van der Waals surface area contributed by atoms with Gasteiger partial charge in [-0.3, -0.25) is 4.79 Å². The second-order valence-corrected chi connectivity index (χ2v) is 3.45. The molecule has 0 fully saturated rings. The van der Waals surface area contributed by atoms with Crippen molar-refractivity contribution in [3.05, 3.63) is 33.5 Å². The number of carboxylic acids is 1. The van der Waals surface area contributed by atoms with Crippen LogP contribution in [0.5, 0.6) is 0 Å². The molecule has 72 valence electrons. The number of hydrogen-bond donors (Lipinski definition) is 1. The van der Waals surface area contributed by atoms with Crippen LogP contribution >= 0.6 is 15.9 Å². The van der Waals surface area contributed by atoms with Crippen LogP contribution in [0, 0.1) is 17.1 Å². The number of aliphatic carboxylic acids is 1. The first-order chi connectivity index (χ1) is 6.54. The van der Waals surface area contributed by atoms with Gasteiger partial charge in [-0.05, 0) is 17.7 Å². The molecule has 5 heteroatoms. The number of halogens is 2. The third kappa shape index (κ3) is 2.30. The number of benzene rings is 1. The summed E-state index contributed by atoms with van der Waals surface area (Å²) in [6, 6.07) is 3.90. The third-order valence-corrected chi connectivity index (χ3v) is 2.32. The molecular weight excluding hydrogens is 253 g/mol. The van der Waals surface area contributed by atoms with E-state index in [2.05, 4.69) is 15.9 Å². The highest BCUT2D eigenvalue weighted by Gasteiger charge is 2.12. The van der Waals surface area contributed by atoms with Crippen LogP contribution in [-0.2, 0) is 11.2 Å². The SMILES string of the molecule is N#Cc1cc(F)cc(Br)c1CC(=O)O. The monoisotopic (exact) mass is 257 g/mol. The molecule has 0 aromatic heterocycles. The molecule has 0 bridgehead atoms. The zero-order chi connectivity index (χ0) is 10.7. The predicted octanol–water partition coefficient (Wildman–Crippen LogP) is 2.09. The Hall–Kier alpha value is -1.41. The molecular formula is C9H5BrFNO2. The lowest BCUT2D eigenvalue weighted by atomic mass is 10.1. The fraction of sp³-hybridized carbons (Fsp3) is 0.111. The highest BCUT2D eigenvalue weighted by Crippen LogP contribution is 2.22. The minimum absolute atomic E-state index is 0.0410. The van der Waals surface area contributed by atoms with E-state index in [1.54, 1.807) is 6.07 Å². The van der Waals surface area contributed by atoms with Crippen molar-refractivity contribution in [3.8, 4) is 6.07 Å². The average Bonchev–Trinajstić information content (AvgIpc) is 2.08. The number of carboxylic acid groups (broad SMARTS) is 1. The van der Waals surface area contributed by atoms with Gasteiger partial charge in [-0.15, -0.1) is 0 Å². The summed E-state index contributed by atoms with van der Waals surface area (Å²) in [5.74, 6) is -1.63. The first-order valence-electron chi connectivity index (χ1n) is 3.64. The van der Waals surface area contributed by atoms with Gasteiger partial charge in [0.15, 0.2) is 0 Å². The number of carbonyl (C=O) groups is 1. The van der Waals surface area contributed by atoms with Crippen molar-refractivity contribution in [2.24, 2.45) is 0 Å². The zero-order valence-corrected chi connectivity index (χ0v) is 8.51. The molecule has 0 aliphatic heterocycles. The van der Waals surface area contributed by atoms with Gasteiger partial charge in [0, 0.05) is 4.47 Å². The van der Waals surface area contributed by atoms with Crippen molar-refractivity contribution < 1.29 is 14.3 Å². The summed E-state index contributed by atoms with van der Waals surface area (Å²) in [7, 11) is 0. The molecule has 1 rings (SSSR count). The third-order valence-electron chi connectivity index (χ3n) is 1.61. The molecule has 0 atom stereocenters. The number of nitrogens with zero attached hydrogens (tertiary/aromatic N) is 1. The normalized spacial score (nSPS) is 9.50. The van der Waals surface area contributed by atoms with Gasteiger partial charge < -0.3 is 5.11 Å². The van der Waals surface area contributed by atoms with Gasteiger partial charge in [-0.25, -0.2) is 4.39 Å². The Balaban J connectivity index is 3.27. The lowest BCUT2D eigenvalue weighted by Gasteiger charge is -2.03. The molecule has 0 aliphatic carbocycles. The molecule has 0 amide bonds. The number of rotatable bonds is 2. The summed E-state index contributed by atoms with van der Waals surface area (Å²) in [6.07, 6.45) is -0.302. The van der Waals surface area contributed by atoms with Crippen molar-refractivity contribution in [3.63, 3.8) is 0 Å². The van der Waals surface area contributed by atoms with Gasteiger partial charge in [-0.2, -0.15) is 5.26 Å². The van der Waals surface area contributed by atoms with E-state index >= 15 is 0 Å². The maximum Gasteiger partial charge on any atom is 0.307 e. The van der Waals surface area contributed by atoms with Crippen molar-refractivity contribution >= 4 is 21.9 Å². The van der Waals surface area contributed by atoms with E-state index in [4.69, 9.17) is 10.4 Å². The molecule has 1 aromatic rings. The van der Waals surface area contributed by atoms with E-state index in [9.17, 15) is 9.18 Å². The van der Waals surface area contributed by atoms with Gasteiger partial charge >= 0.3 is 5.97 Å². The van der Waals surface area contributed by atoms with E-state index < -0.39 is 11.8 Å². The van der Waals surface area contributed by atoms with E-state index in [1.807, 2.05) is 0 Å². The van der Waals surface area contributed by atoms with Crippen molar-refractivity contribution in [2.75, 3.05) is 0 Å². The molecule has 14 heavy (non-hydrogen) atoms. The van der Waals surface area contributed by atoms with Crippen molar-refractivity contribution in [1.82, 2.24) is 0 Å². The van der Waals surface area contributed by atoms with Gasteiger partial charge in [0.05, 0.1) is 18.1 Å². The Kier molecular flexibility index (Phi) is 3.20. The van der Waals surface area contributed by atoms with Gasteiger partial charge in [0.1, 0.15) is 5.82 Å². The van der Waals surface area contributed by atoms with Crippen LogP contribution in [0.2, 0.25) is 0 Å². The lowest BCUT2D eigenvalue weighted by molar-refractivity contribution is -0.136. The summed E-state index contributed by atoms with van der Waals surface area (Å²) in [5.41, 5.74) is 0.334. The van der Waals surface area contributed by atoms with Crippen LogP contribution < -0.4 is 0 Å². The fourth-order valence-corrected chi connectivity index (χ4v) is 1.61. The molecule has 1 aromatic carbocycles. The molecule has 0 unspecified atom stereocenters. The average molecular weight is 258 g/mol. The van der Waals surface area contributed by atoms with E-state index in [0.29, 0.717) is 10.0 Å². The number of nitriles is 1. The Bertz CT molecular complexity index is 426. The Morgan fingerprint density at radius 1 is 1.64 bits per heavy atom. The van der Waals surface area contributed by atoms with Crippen LogP contribution in [0.4, 0.5) is 4.39 Å². The summed E-state index contributed by atoms with van der Waals surface area (Å²) >= 11 is 3.01. The summed E-state index contributed by atoms with van der Waals surface area (Å²) < 4.78 is 13.1. The van der Waals surface area contributed by atoms with Gasteiger partial charge in [0.25, 0.3) is 0 Å². The molecule has 0 saturated carbocycles. The van der Waals surface area contributed by atoms with E-state index in [-0.39, 0.29) is 12.0 Å². The van der Waals surface area contributed by atoms with Crippen LogP contribution in [0.1, 0.15) is 11.1 Å². The lowest BCUT2D eigenvalue weighted by Crippen LogP contribution is -2.03. The van der Waals surface area contributed by atoms with Crippen LogP contribution in [0.3, 0.4) is 0 Å². The largest absolute Gasteiger partial charge is 0.481 e. The maximum atomic E-state index is 12.8. The molecule has 0 aliphatic rings. The fourth-order valence-electron chi connectivity index (χ4n) is 1.03. The minimum atomic E-state index is -1.06. The maximum absolute atomic E-state index is 12.8. The first-order valence-corrected chi connectivity index (χ1v) is 4.43. The smallest absolute Gasteiger partial charge is 0.307 e. The summed E-state index contributed by atoms with van der Waals surface area (Å²) in [6.45, 7) is 0. The minimum Gasteiger partial charge on any atom is -0.481 e. The summed E-state index contributed by atoms with van der Waals surface area (Å²) in [4.78, 5) is 10.5. The predicted molar refractivity (Wildman–Crippen MR) is 50.2 cm³/mol. The van der Waals surface area contributed by atoms with Crippen LogP contribution in [0.25, 0.3) is 0 Å². The first kappa shape index (κ1) is 10.7. The van der Waals surface area contributed by atoms with E-state index in [0.717, 1.165) is 12.1 Å². The second kappa shape index (κ2) is 4.20.